The fourth-order valence-electron chi connectivity index (χ4n) is 1.24. The molecule has 0 spiro atoms. The average Bonchev–Trinajstić information content (AvgIpc) is 2.34. The number of hydrogen-bond acceptors (Lipinski definition) is 2. The van der Waals surface area contributed by atoms with Gasteiger partial charge in [-0.25, -0.2) is 0 Å². The first kappa shape index (κ1) is 9.77. The average molecular weight is 182 g/mol. The van der Waals surface area contributed by atoms with Gasteiger partial charge in [0.1, 0.15) is 0 Å². The number of rotatable bonds is 4. The van der Waals surface area contributed by atoms with Crippen LogP contribution in [0.15, 0.2) is 6.20 Å². The molecule has 0 atom stereocenters. The Labute approximate surface area is 77.0 Å². The third-order valence-electron chi connectivity index (χ3n) is 1.76. The van der Waals surface area contributed by atoms with Crippen molar-refractivity contribution < 1.29 is 9.90 Å². The van der Waals surface area contributed by atoms with Gasteiger partial charge in [-0.15, -0.1) is 0 Å². The lowest BCUT2D eigenvalue weighted by atomic mass is 10.0. The molecule has 0 amide bonds. The molecule has 0 aromatic carbocycles. The molecule has 0 saturated carbocycles. The van der Waals surface area contributed by atoms with E-state index in [0.29, 0.717) is 5.92 Å². The lowest BCUT2D eigenvalue weighted by molar-refractivity contribution is -0.136. The van der Waals surface area contributed by atoms with Crippen LogP contribution in [0.25, 0.3) is 0 Å². The summed E-state index contributed by atoms with van der Waals surface area (Å²) in [6, 6.07) is 0. The number of carboxylic acids is 1. The summed E-state index contributed by atoms with van der Waals surface area (Å²) in [6.07, 6.45) is 2.49. The van der Waals surface area contributed by atoms with Gasteiger partial charge in [-0.2, -0.15) is 5.10 Å². The first-order chi connectivity index (χ1) is 6.09. The molecule has 0 saturated heterocycles. The fraction of sp³-hybridized carbons (Fsp3) is 0.556. The van der Waals surface area contributed by atoms with Crippen LogP contribution in [0, 0.1) is 5.92 Å². The highest BCUT2D eigenvalue weighted by Crippen LogP contribution is 2.10. The van der Waals surface area contributed by atoms with Gasteiger partial charge in [-0.3, -0.25) is 9.89 Å². The van der Waals surface area contributed by atoms with E-state index >= 15 is 0 Å². The quantitative estimate of drug-likeness (QED) is 0.736. The van der Waals surface area contributed by atoms with Gasteiger partial charge in [0.2, 0.25) is 0 Å². The van der Waals surface area contributed by atoms with Crippen molar-refractivity contribution in [2.45, 2.75) is 26.7 Å². The van der Waals surface area contributed by atoms with E-state index in [4.69, 9.17) is 5.11 Å². The number of nitrogens with zero attached hydrogens (tertiary/aromatic N) is 1. The van der Waals surface area contributed by atoms with Crippen LogP contribution in [0.4, 0.5) is 0 Å². The Kier molecular flexibility index (Phi) is 3.06. The second kappa shape index (κ2) is 4.07. The van der Waals surface area contributed by atoms with Crippen molar-refractivity contribution >= 4 is 5.97 Å². The molecule has 0 aliphatic heterocycles. The topological polar surface area (TPSA) is 66.0 Å². The van der Waals surface area contributed by atoms with Crippen LogP contribution in [0.5, 0.6) is 0 Å². The molecule has 4 nitrogen and oxygen atoms in total. The highest BCUT2D eigenvalue weighted by atomic mass is 16.4. The van der Waals surface area contributed by atoms with E-state index in [1.54, 1.807) is 6.20 Å². The predicted octanol–water partition coefficient (Wildman–Crippen LogP) is 1.24. The smallest absolute Gasteiger partial charge is 0.307 e. The van der Waals surface area contributed by atoms with Crippen LogP contribution in [0.2, 0.25) is 0 Å². The van der Waals surface area contributed by atoms with Crippen molar-refractivity contribution in [3.63, 3.8) is 0 Å². The monoisotopic (exact) mass is 182 g/mol. The van der Waals surface area contributed by atoms with Gasteiger partial charge < -0.3 is 5.11 Å². The fourth-order valence-corrected chi connectivity index (χ4v) is 1.24. The molecule has 0 aliphatic carbocycles. The molecule has 1 heterocycles. The number of aromatic amines is 1. The van der Waals surface area contributed by atoms with E-state index in [-0.39, 0.29) is 6.42 Å². The van der Waals surface area contributed by atoms with E-state index in [2.05, 4.69) is 24.0 Å². The third-order valence-corrected chi connectivity index (χ3v) is 1.76. The summed E-state index contributed by atoms with van der Waals surface area (Å²) in [5.74, 6) is -0.306. The van der Waals surface area contributed by atoms with Gasteiger partial charge in [0.15, 0.2) is 0 Å². The summed E-state index contributed by atoms with van der Waals surface area (Å²) in [4.78, 5) is 10.5. The van der Waals surface area contributed by atoms with Crippen LogP contribution in [-0.2, 0) is 17.6 Å². The van der Waals surface area contributed by atoms with Crippen molar-refractivity contribution in [2.24, 2.45) is 5.92 Å². The maximum Gasteiger partial charge on any atom is 0.307 e. The van der Waals surface area contributed by atoms with Crippen molar-refractivity contribution in [1.82, 2.24) is 10.2 Å². The van der Waals surface area contributed by atoms with Crippen molar-refractivity contribution in [2.75, 3.05) is 0 Å². The highest BCUT2D eigenvalue weighted by molar-refractivity contribution is 5.70. The summed E-state index contributed by atoms with van der Waals surface area (Å²) < 4.78 is 0. The molecule has 1 aromatic rings. The van der Waals surface area contributed by atoms with Crippen LogP contribution < -0.4 is 0 Å². The SMILES string of the molecule is CC(C)Cc1[nH]ncc1CC(=O)O. The van der Waals surface area contributed by atoms with Crippen LogP contribution in [0.1, 0.15) is 25.1 Å². The number of carbonyl (C=O) groups is 1. The number of aliphatic carboxylic acids is 1. The number of H-pyrrole nitrogens is 1. The Morgan fingerprint density at radius 1 is 1.69 bits per heavy atom. The molecule has 2 N–H and O–H groups in total. The maximum atomic E-state index is 10.5. The summed E-state index contributed by atoms with van der Waals surface area (Å²) in [5, 5.41) is 15.3. The van der Waals surface area contributed by atoms with Crippen molar-refractivity contribution in [3.8, 4) is 0 Å². The lowest BCUT2D eigenvalue weighted by Crippen LogP contribution is -2.04. The van der Waals surface area contributed by atoms with Gasteiger partial charge >= 0.3 is 5.97 Å². The number of hydrogen-bond donors (Lipinski definition) is 2. The largest absolute Gasteiger partial charge is 0.481 e. The number of aromatic nitrogens is 2. The Bertz CT molecular complexity index is 292. The molecule has 0 unspecified atom stereocenters. The summed E-state index contributed by atoms with van der Waals surface area (Å²) >= 11 is 0. The van der Waals surface area contributed by atoms with Gasteiger partial charge in [0.25, 0.3) is 0 Å². The van der Waals surface area contributed by atoms with Gasteiger partial charge in [0, 0.05) is 11.3 Å². The predicted molar refractivity (Wildman–Crippen MR) is 48.5 cm³/mol. The molecular formula is C9H14N2O2. The van der Waals surface area contributed by atoms with Crippen LogP contribution in [-0.4, -0.2) is 21.3 Å². The minimum atomic E-state index is -0.814. The molecule has 72 valence electrons. The van der Waals surface area contributed by atoms with E-state index in [0.717, 1.165) is 17.7 Å². The minimum Gasteiger partial charge on any atom is -0.481 e. The summed E-state index contributed by atoms with van der Waals surface area (Å²) in [5.41, 5.74) is 1.73. The molecule has 1 aromatic heterocycles. The molecule has 1 rings (SSSR count). The molecule has 0 radical (unpaired) electrons. The van der Waals surface area contributed by atoms with E-state index < -0.39 is 5.97 Å². The van der Waals surface area contributed by atoms with E-state index in [1.807, 2.05) is 0 Å². The summed E-state index contributed by atoms with van der Waals surface area (Å²) in [7, 11) is 0. The zero-order valence-electron chi connectivity index (χ0n) is 7.87. The molecule has 4 heteroatoms. The standard InChI is InChI=1S/C9H14N2O2/c1-6(2)3-8-7(4-9(12)13)5-10-11-8/h5-6H,3-4H2,1-2H3,(H,10,11)(H,12,13). The van der Waals surface area contributed by atoms with E-state index in [1.165, 1.54) is 0 Å². The zero-order chi connectivity index (χ0) is 9.84. The van der Waals surface area contributed by atoms with Crippen molar-refractivity contribution in [3.05, 3.63) is 17.5 Å². The van der Waals surface area contributed by atoms with E-state index in [9.17, 15) is 4.79 Å². The third kappa shape index (κ3) is 2.89. The summed E-state index contributed by atoms with van der Waals surface area (Å²) in [6.45, 7) is 4.18. The highest BCUT2D eigenvalue weighted by Gasteiger charge is 2.09. The Morgan fingerprint density at radius 2 is 2.38 bits per heavy atom. The van der Waals surface area contributed by atoms with Crippen LogP contribution >= 0.6 is 0 Å². The number of nitrogens with one attached hydrogen (secondary N) is 1. The molecular weight excluding hydrogens is 168 g/mol. The Hall–Kier alpha value is -1.32. The number of carboxylic acid groups (broad SMARTS) is 1. The maximum absolute atomic E-state index is 10.5. The molecule has 0 aliphatic rings. The first-order valence-corrected chi connectivity index (χ1v) is 4.32. The van der Waals surface area contributed by atoms with Gasteiger partial charge in [0.05, 0.1) is 12.6 Å². The second-order valence-electron chi connectivity index (χ2n) is 3.54. The minimum absolute atomic E-state index is 0.0541. The molecule has 0 fully saturated rings. The van der Waals surface area contributed by atoms with Crippen LogP contribution in [0.3, 0.4) is 0 Å². The Balaban J connectivity index is 2.71. The van der Waals surface area contributed by atoms with Gasteiger partial charge in [-0.1, -0.05) is 13.8 Å². The lowest BCUT2D eigenvalue weighted by Gasteiger charge is -2.03. The van der Waals surface area contributed by atoms with Crippen molar-refractivity contribution in [1.29, 1.82) is 0 Å². The zero-order valence-corrected chi connectivity index (χ0v) is 7.87. The molecule has 0 bridgehead atoms. The normalized spacial score (nSPS) is 10.7. The first-order valence-electron chi connectivity index (χ1n) is 4.32. The van der Waals surface area contributed by atoms with Gasteiger partial charge in [-0.05, 0) is 12.3 Å². The molecule has 13 heavy (non-hydrogen) atoms. The Morgan fingerprint density at radius 3 is 2.92 bits per heavy atom. The second-order valence-corrected chi connectivity index (χ2v) is 3.54.